The lowest BCUT2D eigenvalue weighted by atomic mass is 9.75. The Morgan fingerprint density at radius 1 is 1.15 bits per heavy atom. The number of ether oxygens (including phenoxy) is 1. The van der Waals surface area contributed by atoms with Crippen molar-refractivity contribution in [2.75, 3.05) is 7.11 Å². The maximum atomic E-state index is 13.7. The summed E-state index contributed by atoms with van der Waals surface area (Å²) in [4.78, 5) is 16.6. The number of carbonyl (C=O) groups excluding carboxylic acids is 1. The van der Waals surface area contributed by atoms with Gasteiger partial charge in [-0.3, -0.25) is 4.79 Å². The summed E-state index contributed by atoms with van der Waals surface area (Å²) in [6.45, 7) is 1.79. The van der Waals surface area contributed by atoms with E-state index in [0.717, 1.165) is 5.56 Å². The van der Waals surface area contributed by atoms with Gasteiger partial charge >= 0.3 is 0 Å². The Morgan fingerprint density at radius 2 is 1.85 bits per heavy atom. The number of hydrogen-bond acceptors (Lipinski definition) is 3. The van der Waals surface area contributed by atoms with Gasteiger partial charge in [0.2, 0.25) is 11.9 Å². The first-order valence-electron chi connectivity index (χ1n) is 8.72. The maximum Gasteiger partial charge on any atom is 0.252 e. The predicted molar refractivity (Wildman–Crippen MR) is 94.5 cm³/mol. The second-order valence-corrected chi connectivity index (χ2v) is 6.94. The molecule has 1 aliphatic carbocycles. The Kier molecular flexibility index (Phi) is 5.13. The molecule has 1 aliphatic rings. The monoisotopic (exact) mass is 378 g/mol. The van der Waals surface area contributed by atoms with E-state index >= 15 is 0 Å². The number of pyridine rings is 1. The van der Waals surface area contributed by atoms with Gasteiger partial charge in [0.25, 0.3) is 5.91 Å². The van der Waals surface area contributed by atoms with Crippen molar-refractivity contribution in [3.63, 3.8) is 0 Å². The zero-order valence-electron chi connectivity index (χ0n) is 15.2. The summed E-state index contributed by atoms with van der Waals surface area (Å²) in [5.74, 6) is -3.29. The minimum Gasteiger partial charge on any atom is -0.497 e. The fourth-order valence-electron chi connectivity index (χ4n) is 3.44. The highest BCUT2D eigenvalue weighted by atomic mass is 19.3. The molecule has 1 aromatic carbocycles. The number of methoxy groups -OCH3 is 1. The molecular weight excluding hydrogens is 357 g/mol. The standard InChI is InChI=1S/C20H21F3N2O2/c1-13-3-5-15(27-2)11-16(13)18(26)25-19(7-9-20(22,23)10-8-19)14-4-6-17(21)24-12-14/h3-6,11-12H,7-10H2,1-2H3,(H,25,26). The summed E-state index contributed by atoms with van der Waals surface area (Å²) in [6.07, 6.45) is 0.672. The van der Waals surface area contributed by atoms with E-state index in [1.807, 2.05) is 0 Å². The van der Waals surface area contributed by atoms with E-state index in [0.29, 0.717) is 16.9 Å². The molecule has 0 aliphatic heterocycles. The quantitative estimate of drug-likeness (QED) is 0.804. The van der Waals surface area contributed by atoms with Crippen molar-refractivity contribution in [1.82, 2.24) is 10.3 Å². The van der Waals surface area contributed by atoms with Crippen LogP contribution >= 0.6 is 0 Å². The van der Waals surface area contributed by atoms with Crippen LogP contribution in [0.3, 0.4) is 0 Å². The molecule has 0 spiro atoms. The number of nitrogens with zero attached hydrogens (tertiary/aromatic N) is 1. The van der Waals surface area contributed by atoms with Gasteiger partial charge in [0.05, 0.1) is 12.6 Å². The smallest absolute Gasteiger partial charge is 0.252 e. The highest BCUT2D eigenvalue weighted by Crippen LogP contribution is 2.44. The molecule has 2 aromatic rings. The molecule has 0 atom stereocenters. The van der Waals surface area contributed by atoms with Gasteiger partial charge in [0, 0.05) is 24.6 Å². The molecule has 4 nitrogen and oxygen atoms in total. The van der Waals surface area contributed by atoms with E-state index in [2.05, 4.69) is 10.3 Å². The van der Waals surface area contributed by atoms with Crippen LogP contribution in [0.2, 0.25) is 0 Å². The van der Waals surface area contributed by atoms with Crippen LogP contribution in [0.5, 0.6) is 5.75 Å². The SMILES string of the molecule is COc1ccc(C)c(C(=O)NC2(c3ccc(F)nc3)CCC(F)(F)CC2)c1. The molecule has 1 heterocycles. The van der Waals surface area contributed by atoms with E-state index < -0.39 is 17.4 Å². The molecule has 1 aromatic heterocycles. The minimum atomic E-state index is -2.77. The maximum absolute atomic E-state index is 13.7. The van der Waals surface area contributed by atoms with Gasteiger partial charge in [0.1, 0.15) is 5.75 Å². The molecule has 1 N–H and O–H groups in total. The van der Waals surface area contributed by atoms with Gasteiger partial charge in [-0.2, -0.15) is 4.39 Å². The molecule has 144 valence electrons. The third-order valence-corrected chi connectivity index (χ3v) is 5.16. The zero-order valence-corrected chi connectivity index (χ0v) is 15.2. The van der Waals surface area contributed by atoms with E-state index in [4.69, 9.17) is 4.74 Å². The number of hydrogen-bond donors (Lipinski definition) is 1. The highest BCUT2D eigenvalue weighted by Gasteiger charge is 2.45. The third-order valence-electron chi connectivity index (χ3n) is 5.16. The minimum absolute atomic E-state index is 0.0437. The van der Waals surface area contributed by atoms with Crippen molar-refractivity contribution in [3.8, 4) is 5.75 Å². The topological polar surface area (TPSA) is 51.2 Å². The molecule has 0 bridgehead atoms. The molecule has 0 saturated heterocycles. The predicted octanol–water partition coefficient (Wildman–Crippen LogP) is 4.37. The van der Waals surface area contributed by atoms with Gasteiger partial charge in [0.15, 0.2) is 0 Å². The Morgan fingerprint density at radius 3 is 2.44 bits per heavy atom. The lowest BCUT2D eigenvalue weighted by molar-refractivity contribution is -0.0559. The van der Waals surface area contributed by atoms with E-state index in [1.54, 1.807) is 25.1 Å². The van der Waals surface area contributed by atoms with Gasteiger partial charge in [-0.1, -0.05) is 12.1 Å². The van der Waals surface area contributed by atoms with Gasteiger partial charge < -0.3 is 10.1 Å². The molecule has 1 fully saturated rings. The number of aromatic nitrogens is 1. The zero-order chi connectivity index (χ0) is 19.7. The molecule has 27 heavy (non-hydrogen) atoms. The second-order valence-electron chi connectivity index (χ2n) is 6.94. The summed E-state index contributed by atoms with van der Waals surface area (Å²) in [5.41, 5.74) is 0.644. The van der Waals surface area contributed by atoms with E-state index in [9.17, 15) is 18.0 Å². The Bertz CT molecular complexity index is 828. The molecule has 1 saturated carbocycles. The fraction of sp³-hybridized carbons (Fsp3) is 0.400. The first-order chi connectivity index (χ1) is 12.7. The largest absolute Gasteiger partial charge is 0.497 e. The second kappa shape index (κ2) is 7.21. The summed E-state index contributed by atoms with van der Waals surface area (Å²) in [6, 6.07) is 7.78. The fourth-order valence-corrected chi connectivity index (χ4v) is 3.44. The van der Waals surface area contributed by atoms with Crippen molar-refractivity contribution in [2.24, 2.45) is 0 Å². The number of benzene rings is 1. The van der Waals surface area contributed by atoms with Crippen molar-refractivity contribution in [1.29, 1.82) is 0 Å². The van der Waals surface area contributed by atoms with Gasteiger partial charge in [-0.05, 0) is 49.1 Å². The number of rotatable bonds is 4. The number of amides is 1. The van der Waals surface area contributed by atoms with Crippen molar-refractivity contribution >= 4 is 5.91 Å². The number of aryl methyl sites for hydroxylation is 1. The van der Waals surface area contributed by atoms with Crippen LogP contribution in [-0.4, -0.2) is 23.9 Å². The molecule has 3 rings (SSSR count). The lowest BCUT2D eigenvalue weighted by Gasteiger charge is -2.41. The van der Waals surface area contributed by atoms with Crippen LogP contribution in [-0.2, 0) is 5.54 Å². The lowest BCUT2D eigenvalue weighted by Crippen LogP contribution is -2.50. The van der Waals surface area contributed by atoms with Gasteiger partial charge in [-0.15, -0.1) is 0 Å². The van der Waals surface area contributed by atoms with Crippen LogP contribution in [0.15, 0.2) is 36.5 Å². The first-order valence-corrected chi connectivity index (χ1v) is 8.72. The normalized spacial score (nSPS) is 18.0. The first kappa shape index (κ1) is 19.2. The van der Waals surface area contributed by atoms with Crippen LogP contribution in [0.1, 0.15) is 47.2 Å². The van der Waals surface area contributed by atoms with Crippen molar-refractivity contribution < 1.29 is 22.7 Å². The number of carbonyl (C=O) groups is 1. The summed E-state index contributed by atoms with van der Waals surface area (Å²) in [7, 11) is 1.50. The van der Waals surface area contributed by atoms with Gasteiger partial charge in [-0.25, -0.2) is 13.8 Å². The Balaban J connectivity index is 1.95. The van der Waals surface area contributed by atoms with E-state index in [-0.39, 0.29) is 31.6 Å². The van der Waals surface area contributed by atoms with E-state index in [1.165, 1.54) is 25.4 Å². The van der Waals surface area contributed by atoms with Crippen LogP contribution in [0, 0.1) is 12.9 Å². The van der Waals surface area contributed by atoms with Crippen LogP contribution in [0.4, 0.5) is 13.2 Å². The van der Waals surface area contributed by atoms with Crippen molar-refractivity contribution in [2.45, 2.75) is 44.1 Å². The molecule has 7 heteroatoms. The average molecular weight is 378 g/mol. The summed E-state index contributed by atoms with van der Waals surface area (Å²) >= 11 is 0. The van der Waals surface area contributed by atoms with Crippen molar-refractivity contribution in [3.05, 3.63) is 59.2 Å². The summed E-state index contributed by atoms with van der Waals surface area (Å²) < 4.78 is 45.9. The Hall–Kier alpha value is -2.57. The number of halogens is 3. The summed E-state index contributed by atoms with van der Waals surface area (Å²) in [5, 5.41) is 2.92. The molecule has 1 amide bonds. The highest BCUT2D eigenvalue weighted by molar-refractivity contribution is 5.96. The number of alkyl halides is 2. The van der Waals surface area contributed by atoms with Crippen LogP contribution < -0.4 is 10.1 Å². The Labute approximate surface area is 155 Å². The number of nitrogens with one attached hydrogen (secondary N) is 1. The molecular formula is C20H21F3N2O2. The third kappa shape index (κ3) is 4.07. The average Bonchev–Trinajstić information content (AvgIpc) is 2.64. The molecule has 0 unspecified atom stereocenters. The van der Waals surface area contributed by atoms with Crippen LogP contribution in [0.25, 0.3) is 0 Å². The molecule has 0 radical (unpaired) electrons.